The van der Waals surface area contributed by atoms with Crippen molar-refractivity contribution in [3.8, 4) is 0 Å². The summed E-state index contributed by atoms with van der Waals surface area (Å²) in [6.45, 7) is 0. The Morgan fingerprint density at radius 2 is 1.52 bits per heavy atom. The Kier molecular flexibility index (Phi) is 2.61. The van der Waals surface area contributed by atoms with Crippen LogP contribution in [0.15, 0.2) is 34.0 Å². The van der Waals surface area contributed by atoms with E-state index in [1.54, 1.807) is 0 Å². The fourth-order valence-electron chi connectivity index (χ4n) is 1.64. The first-order chi connectivity index (χ1) is 9.08. The van der Waals surface area contributed by atoms with Crippen LogP contribution in [0.2, 0.25) is 0 Å². The van der Waals surface area contributed by atoms with Crippen molar-refractivity contribution in [1.29, 1.82) is 0 Å². The number of aromatic nitrogens is 1. The molecule has 0 aliphatic heterocycles. The minimum absolute atomic E-state index is 0.157. The molecule has 0 aliphatic rings. The number of aromatic amines is 1. The number of hydrogen-bond acceptors (Lipinski definition) is 1. The predicted molar refractivity (Wildman–Crippen MR) is 61.0 cm³/mol. The molecule has 2 nitrogen and oxygen atoms in total. The standard InChI is InChI=1S/C10H5F8NOS/c11-10(12,13)6-2-1-5-3-8(21(14,15,16,17)18)9(20)19-7(5)4-6/h1-4H,(H,19,20). The molecule has 21 heavy (non-hydrogen) atoms. The van der Waals surface area contributed by atoms with Crippen LogP contribution in [0.25, 0.3) is 10.9 Å². The van der Waals surface area contributed by atoms with E-state index in [0.717, 1.165) is 0 Å². The highest BCUT2D eigenvalue weighted by Crippen LogP contribution is 3.01. The lowest BCUT2D eigenvalue weighted by molar-refractivity contribution is -0.137. The molecule has 0 atom stereocenters. The first kappa shape index (κ1) is 15.6. The van der Waals surface area contributed by atoms with Crippen LogP contribution in [0.3, 0.4) is 0 Å². The quantitative estimate of drug-likeness (QED) is 0.711. The molecule has 0 fully saturated rings. The molecule has 11 heteroatoms. The van der Waals surface area contributed by atoms with Crippen LogP contribution in [0.4, 0.5) is 32.6 Å². The predicted octanol–water partition coefficient (Wildman–Crippen LogP) is 5.20. The number of nitrogens with one attached hydrogen (secondary N) is 1. The number of halogens is 8. The smallest absolute Gasteiger partial charge is 0.321 e. The topological polar surface area (TPSA) is 32.9 Å². The summed E-state index contributed by atoms with van der Waals surface area (Å²) in [6, 6.07) is 1.21. The van der Waals surface area contributed by atoms with E-state index < -0.39 is 43.3 Å². The lowest BCUT2D eigenvalue weighted by Gasteiger charge is -2.39. The molecule has 1 heterocycles. The molecular formula is C10H5F8NOS. The van der Waals surface area contributed by atoms with Gasteiger partial charge in [0, 0.05) is 5.52 Å². The molecule has 0 saturated heterocycles. The minimum Gasteiger partial charge on any atom is -0.321 e. The van der Waals surface area contributed by atoms with Crippen LogP contribution >= 0.6 is 10.2 Å². The van der Waals surface area contributed by atoms with Crippen LogP contribution < -0.4 is 5.56 Å². The highest BCUT2D eigenvalue weighted by atomic mass is 32.5. The SMILES string of the molecule is O=c1[nH]c2cc(C(F)(F)F)ccc2cc1S(F)(F)(F)(F)F. The van der Waals surface area contributed by atoms with E-state index in [0.29, 0.717) is 18.2 Å². The third kappa shape index (κ3) is 3.12. The van der Waals surface area contributed by atoms with Gasteiger partial charge in [-0.15, -0.1) is 0 Å². The van der Waals surface area contributed by atoms with Crippen LogP contribution in [-0.2, 0) is 6.18 Å². The number of fused-ring (bicyclic) bond motifs is 1. The van der Waals surface area contributed by atoms with Crippen LogP contribution in [0.5, 0.6) is 0 Å². The van der Waals surface area contributed by atoms with Gasteiger partial charge < -0.3 is 4.98 Å². The summed E-state index contributed by atoms with van der Waals surface area (Å²) >= 11 is 0. The zero-order valence-corrected chi connectivity index (χ0v) is 10.5. The van der Waals surface area contributed by atoms with Crippen molar-refractivity contribution < 1.29 is 32.6 Å². The maximum Gasteiger partial charge on any atom is 0.416 e. The molecule has 0 saturated carbocycles. The largest absolute Gasteiger partial charge is 0.416 e. The average molecular weight is 339 g/mol. The summed E-state index contributed by atoms with van der Waals surface area (Å²) in [7, 11) is -10.2. The van der Waals surface area contributed by atoms with Crippen molar-refractivity contribution in [1.82, 2.24) is 4.98 Å². The van der Waals surface area contributed by atoms with Crippen LogP contribution in [-0.4, -0.2) is 4.98 Å². The summed E-state index contributed by atoms with van der Waals surface area (Å²) in [5, 5.41) is -0.592. The van der Waals surface area contributed by atoms with Crippen molar-refractivity contribution in [2.75, 3.05) is 0 Å². The van der Waals surface area contributed by atoms with Gasteiger partial charge in [-0.05, 0) is 23.6 Å². The van der Waals surface area contributed by atoms with Gasteiger partial charge in [0.2, 0.25) is 0 Å². The molecular weight excluding hydrogens is 334 g/mol. The third-order valence-electron chi connectivity index (χ3n) is 2.55. The van der Waals surface area contributed by atoms with Crippen LogP contribution in [0.1, 0.15) is 5.56 Å². The highest BCUT2D eigenvalue weighted by Gasteiger charge is 2.67. The van der Waals surface area contributed by atoms with Gasteiger partial charge in [-0.25, -0.2) is 0 Å². The van der Waals surface area contributed by atoms with E-state index in [4.69, 9.17) is 0 Å². The second kappa shape index (κ2) is 3.51. The number of hydrogen-bond donors (Lipinski definition) is 1. The lowest BCUT2D eigenvalue weighted by Crippen LogP contribution is -2.20. The summed E-state index contributed by atoms with van der Waals surface area (Å²) in [5.41, 5.74) is -4.05. The van der Waals surface area contributed by atoms with Gasteiger partial charge >= 0.3 is 16.4 Å². The molecule has 0 amide bonds. The first-order valence-electron chi connectivity index (χ1n) is 5.06. The Morgan fingerprint density at radius 3 is 2.00 bits per heavy atom. The molecule has 1 N–H and O–H groups in total. The second-order valence-corrected chi connectivity index (χ2v) is 6.61. The van der Waals surface area contributed by atoms with Crippen molar-refractivity contribution in [3.63, 3.8) is 0 Å². The average Bonchev–Trinajstić information content (AvgIpc) is 2.22. The fraction of sp³-hybridized carbons (Fsp3) is 0.100. The van der Waals surface area contributed by atoms with E-state index in [9.17, 15) is 37.4 Å². The molecule has 2 aromatic rings. The van der Waals surface area contributed by atoms with E-state index in [1.165, 1.54) is 4.98 Å². The Hall–Kier alpha value is -1.78. The van der Waals surface area contributed by atoms with E-state index in [1.807, 2.05) is 0 Å². The van der Waals surface area contributed by atoms with Gasteiger partial charge in [0.05, 0.1) is 5.56 Å². The van der Waals surface area contributed by atoms with Crippen molar-refractivity contribution >= 4 is 21.1 Å². The molecule has 118 valence electrons. The van der Waals surface area contributed by atoms with E-state index >= 15 is 0 Å². The van der Waals surface area contributed by atoms with E-state index in [-0.39, 0.29) is 6.07 Å². The molecule has 2 rings (SSSR count). The molecule has 0 spiro atoms. The number of pyridine rings is 1. The summed E-state index contributed by atoms with van der Waals surface area (Å²) in [4.78, 5) is 9.85. The molecule has 1 aromatic carbocycles. The summed E-state index contributed by atoms with van der Waals surface area (Å²) < 4.78 is 100. The number of alkyl halides is 3. The molecule has 0 bridgehead atoms. The minimum atomic E-state index is -10.2. The molecule has 0 radical (unpaired) electrons. The zero-order valence-electron chi connectivity index (χ0n) is 9.65. The molecule has 0 aliphatic carbocycles. The van der Waals surface area contributed by atoms with Gasteiger partial charge in [0.1, 0.15) is 0 Å². The van der Waals surface area contributed by atoms with Gasteiger partial charge in [-0.2, -0.15) is 13.2 Å². The Morgan fingerprint density at radius 1 is 0.952 bits per heavy atom. The lowest BCUT2D eigenvalue weighted by atomic mass is 10.1. The Bertz CT molecular complexity index is 789. The van der Waals surface area contributed by atoms with Gasteiger partial charge in [-0.3, -0.25) is 4.79 Å². The van der Waals surface area contributed by atoms with Gasteiger partial charge in [-0.1, -0.05) is 25.5 Å². The van der Waals surface area contributed by atoms with Crippen LogP contribution in [0, 0.1) is 0 Å². The summed E-state index contributed by atoms with van der Waals surface area (Å²) in [6.07, 6.45) is -4.79. The van der Waals surface area contributed by atoms with Crippen molar-refractivity contribution in [3.05, 3.63) is 40.2 Å². The van der Waals surface area contributed by atoms with Gasteiger partial charge in [0.25, 0.3) is 5.56 Å². The highest BCUT2D eigenvalue weighted by molar-refractivity contribution is 8.45. The number of benzene rings is 1. The fourth-order valence-corrected chi connectivity index (χ4v) is 2.40. The number of rotatable bonds is 1. The van der Waals surface area contributed by atoms with Crippen molar-refractivity contribution in [2.45, 2.75) is 11.1 Å². The molecule has 0 unspecified atom stereocenters. The first-order valence-corrected chi connectivity index (χ1v) is 7.01. The summed E-state index contributed by atoms with van der Waals surface area (Å²) in [5.74, 6) is 0. The second-order valence-electron chi connectivity index (χ2n) is 4.23. The maximum atomic E-state index is 12.6. The maximum absolute atomic E-state index is 12.6. The monoisotopic (exact) mass is 339 g/mol. The normalized spacial score (nSPS) is 16.6. The van der Waals surface area contributed by atoms with Gasteiger partial charge in [0.15, 0.2) is 4.90 Å². The Balaban J connectivity index is 2.80. The van der Waals surface area contributed by atoms with Crippen molar-refractivity contribution in [2.24, 2.45) is 0 Å². The number of H-pyrrole nitrogens is 1. The van der Waals surface area contributed by atoms with E-state index in [2.05, 4.69) is 0 Å². The third-order valence-corrected chi connectivity index (χ3v) is 3.69. The Labute approximate surface area is 111 Å². The zero-order chi connectivity index (χ0) is 16.3. The molecule has 1 aromatic heterocycles.